The first kappa shape index (κ1) is 12.3. The summed E-state index contributed by atoms with van der Waals surface area (Å²) in [6.07, 6.45) is 1.80. The van der Waals surface area contributed by atoms with Crippen molar-refractivity contribution in [3.8, 4) is 11.1 Å². The first-order chi connectivity index (χ1) is 8.72. The summed E-state index contributed by atoms with van der Waals surface area (Å²) in [5.41, 5.74) is 3.41. The zero-order chi connectivity index (χ0) is 13.0. The summed E-state index contributed by atoms with van der Waals surface area (Å²) in [5.74, 6) is -0.0692. The molecule has 0 unspecified atom stereocenters. The van der Waals surface area contributed by atoms with Gasteiger partial charge in [-0.3, -0.25) is 9.78 Å². The second-order valence-corrected chi connectivity index (χ2v) is 4.08. The SMILES string of the molecule is CCNC(=O)c1cc(-c2ccccc2)cnc1C. The zero-order valence-electron chi connectivity index (χ0n) is 10.6. The molecule has 0 spiro atoms. The van der Waals surface area contributed by atoms with Gasteiger partial charge in [0.15, 0.2) is 0 Å². The third-order valence-electron chi connectivity index (χ3n) is 2.78. The third kappa shape index (κ3) is 2.56. The molecule has 2 aromatic rings. The fourth-order valence-electron chi connectivity index (χ4n) is 1.81. The van der Waals surface area contributed by atoms with E-state index in [9.17, 15) is 4.79 Å². The van der Waals surface area contributed by atoms with Crippen LogP contribution in [0.15, 0.2) is 42.6 Å². The van der Waals surface area contributed by atoms with Crippen LogP contribution < -0.4 is 5.32 Å². The summed E-state index contributed by atoms with van der Waals surface area (Å²) in [7, 11) is 0. The molecule has 0 fully saturated rings. The monoisotopic (exact) mass is 240 g/mol. The smallest absolute Gasteiger partial charge is 0.253 e. The van der Waals surface area contributed by atoms with Crippen LogP contribution in [0.25, 0.3) is 11.1 Å². The zero-order valence-corrected chi connectivity index (χ0v) is 10.6. The van der Waals surface area contributed by atoms with Crippen molar-refractivity contribution >= 4 is 5.91 Å². The Hall–Kier alpha value is -2.16. The van der Waals surface area contributed by atoms with E-state index in [1.54, 1.807) is 6.20 Å². The molecule has 1 N–H and O–H groups in total. The second kappa shape index (κ2) is 5.45. The third-order valence-corrected chi connectivity index (χ3v) is 2.78. The number of carbonyl (C=O) groups is 1. The molecule has 0 radical (unpaired) electrons. The maximum Gasteiger partial charge on any atom is 0.253 e. The molecule has 2 rings (SSSR count). The molecule has 0 aliphatic heterocycles. The average molecular weight is 240 g/mol. The Morgan fingerprint density at radius 2 is 1.94 bits per heavy atom. The Balaban J connectivity index is 2.41. The van der Waals surface area contributed by atoms with E-state index in [4.69, 9.17) is 0 Å². The number of hydrogen-bond donors (Lipinski definition) is 1. The number of nitrogens with one attached hydrogen (secondary N) is 1. The highest BCUT2D eigenvalue weighted by molar-refractivity contribution is 5.96. The molecule has 0 bridgehead atoms. The van der Waals surface area contributed by atoms with Crippen LogP contribution in [0.1, 0.15) is 23.0 Å². The molecular formula is C15H16N2O. The summed E-state index contributed by atoms with van der Waals surface area (Å²) in [6, 6.07) is 11.8. The highest BCUT2D eigenvalue weighted by atomic mass is 16.1. The molecule has 1 amide bonds. The van der Waals surface area contributed by atoms with Crippen LogP contribution >= 0.6 is 0 Å². The van der Waals surface area contributed by atoms with E-state index in [2.05, 4.69) is 10.3 Å². The quantitative estimate of drug-likeness (QED) is 0.896. The van der Waals surface area contributed by atoms with Gasteiger partial charge in [-0.05, 0) is 25.5 Å². The standard InChI is InChI=1S/C15H16N2O/c1-3-16-15(18)14-9-13(10-17-11(14)2)12-7-5-4-6-8-12/h4-10H,3H2,1-2H3,(H,16,18). The molecule has 1 aromatic heterocycles. The van der Waals surface area contributed by atoms with Gasteiger partial charge in [0.1, 0.15) is 0 Å². The number of rotatable bonds is 3. The lowest BCUT2D eigenvalue weighted by Gasteiger charge is -2.08. The van der Waals surface area contributed by atoms with Gasteiger partial charge in [-0.2, -0.15) is 0 Å². The van der Waals surface area contributed by atoms with E-state index < -0.39 is 0 Å². The summed E-state index contributed by atoms with van der Waals surface area (Å²) >= 11 is 0. The minimum Gasteiger partial charge on any atom is -0.352 e. The van der Waals surface area contributed by atoms with Crippen LogP contribution in [-0.4, -0.2) is 17.4 Å². The number of pyridine rings is 1. The van der Waals surface area contributed by atoms with Crippen LogP contribution in [0.2, 0.25) is 0 Å². The summed E-state index contributed by atoms with van der Waals surface area (Å²) < 4.78 is 0. The summed E-state index contributed by atoms with van der Waals surface area (Å²) in [4.78, 5) is 16.2. The minimum absolute atomic E-state index is 0.0692. The Bertz CT molecular complexity index is 550. The Kier molecular flexibility index (Phi) is 3.72. The van der Waals surface area contributed by atoms with Gasteiger partial charge in [0, 0.05) is 18.3 Å². The normalized spacial score (nSPS) is 10.1. The summed E-state index contributed by atoms with van der Waals surface area (Å²) in [6.45, 7) is 4.37. The van der Waals surface area contributed by atoms with Crippen molar-refractivity contribution in [3.05, 3.63) is 53.9 Å². The number of aryl methyl sites for hydroxylation is 1. The number of nitrogens with zero attached hydrogens (tertiary/aromatic N) is 1. The van der Waals surface area contributed by atoms with Gasteiger partial charge >= 0.3 is 0 Å². The van der Waals surface area contributed by atoms with Crippen LogP contribution in [0.3, 0.4) is 0 Å². The molecule has 0 aliphatic carbocycles. The molecule has 18 heavy (non-hydrogen) atoms. The number of amides is 1. The predicted molar refractivity (Wildman–Crippen MR) is 72.4 cm³/mol. The van der Waals surface area contributed by atoms with Gasteiger partial charge in [-0.1, -0.05) is 30.3 Å². The Labute approximate surface area is 107 Å². The number of aromatic nitrogens is 1. The molecule has 0 atom stereocenters. The van der Waals surface area contributed by atoms with Gasteiger partial charge < -0.3 is 5.32 Å². The molecule has 1 heterocycles. The number of benzene rings is 1. The van der Waals surface area contributed by atoms with E-state index in [0.29, 0.717) is 12.1 Å². The molecular weight excluding hydrogens is 224 g/mol. The fourth-order valence-corrected chi connectivity index (χ4v) is 1.81. The van der Waals surface area contributed by atoms with Crippen LogP contribution in [0, 0.1) is 6.92 Å². The van der Waals surface area contributed by atoms with Gasteiger partial charge in [-0.25, -0.2) is 0 Å². The summed E-state index contributed by atoms with van der Waals surface area (Å²) in [5, 5.41) is 2.80. The van der Waals surface area contributed by atoms with E-state index >= 15 is 0 Å². The van der Waals surface area contributed by atoms with Crippen molar-refractivity contribution in [2.75, 3.05) is 6.54 Å². The van der Waals surface area contributed by atoms with E-state index in [1.807, 2.05) is 50.2 Å². The number of hydrogen-bond acceptors (Lipinski definition) is 2. The Morgan fingerprint density at radius 3 is 2.61 bits per heavy atom. The fraction of sp³-hybridized carbons (Fsp3) is 0.200. The lowest BCUT2D eigenvalue weighted by molar-refractivity contribution is 0.0955. The maximum atomic E-state index is 11.9. The van der Waals surface area contributed by atoms with Crippen molar-refractivity contribution in [1.29, 1.82) is 0 Å². The van der Waals surface area contributed by atoms with Gasteiger partial charge in [-0.15, -0.1) is 0 Å². The van der Waals surface area contributed by atoms with Crippen molar-refractivity contribution < 1.29 is 4.79 Å². The average Bonchev–Trinajstić information content (AvgIpc) is 2.40. The molecule has 0 saturated heterocycles. The van der Waals surface area contributed by atoms with Crippen LogP contribution in [0.5, 0.6) is 0 Å². The topological polar surface area (TPSA) is 42.0 Å². The molecule has 1 aromatic carbocycles. The van der Waals surface area contributed by atoms with Crippen LogP contribution in [-0.2, 0) is 0 Å². The van der Waals surface area contributed by atoms with Crippen LogP contribution in [0.4, 0.5) is 0 Å². The molecule has 3 heteroatoms. The van der Waals surface area contributed by atoms with E-state index in [1.165, 1.54) is 0 Å². The lowest BCUT2D eigenvalue weighted by atomic mass is 10.0. The van der Waals surface area contributed by atoms with Crippen molar-refractivity contribution in [1.82, 2.24) is 10.3 Å². The van der Waals surface area contributed by atoms with Gasteiger partial charge in [0.25, 0.3) is 5.91 Å². The van der Waals surface area contributed by atoms with E-state index in [-0.39, 0.29) is 5.91 Å². The largest absolute Gasteiger partial charge is 0.352 e. The minimum atomic E-state index is -0.0692. The second-order valence-electron chi connectivity index (χ2n) is 4.08. The van der Waals surface area contributed by atoms with Gasteiger partial charge in [0.05, 0.1) is 11.3 Å². The van der Waals surface area contributed by atoms with E-state index in [0.717, 1.165) is 16.8 Å². The molecule has 0 aliphatic rings. The highest BCUT2D eigenvalue weighted by Gasteiger charge is 2.10. The maximum absolute atomic E-state index is 11.9. The first-order valence-electron chi connectivity index (χ1n) is 6.02. The highest BCUT2D eigenvalue weighted by Crippen LogP contribution is 2.20. The molecule has 3 nitrogen and oxygen atoms in total. The Morgan fingerprint density at radius 1 is 1.22 bits per heavy atom. The lowest BCUT2D eigenvalue weighted by Crippen LogP contribution is -2.23. The molecule has 92 valence electrons. The number of carbonyl (C=O) groups excluding carboxylic acids is 1. The molecule has 0 saturated carbocycles. The van der Waals surface area contributed by atoms with Crippen molar-refractivity contribution in [2.24, 2.45) is 0 Å². The van der Waals surface area contributed by atoms with Crippen molar-refractivity contribution in [2.45, 2.75) is 13.8 Å². The predicted octanol–water partition coefficient (Wildman–Crippen LogP) is 2.81. The first-order valence-corrected chi connectivity index (χ1v) is 6.02. The van der Waals surface area contributed by atoms with Gasteiger partial charge in [0.2, 0.25) is 0 Å². The van der Waals surface area contributed by atoms with Crippen molar-refractivity contribution in [3.63, 3.8) is 0 Å².